The lowest BCUT2D eigenvalue weighted by Crippen LogP contribution is -2.37. The van der Waals surface area contributed by atoms with Crippen LogP contribution in [0.5, 0.6) is 0 Å². The summed E-state index contributed by atoms with van der Waals surface area (Å²) in [4.78, 5) is 11.8. The molecule has 0 aliphatic heterocycles. The molecule has 1 N–H and O–H groups in total. The Morgan fingerprint density at radius 3 is 2.45 bits per heavy atom. The average Bonchev–Trinajstić information content (AvgIpc) is 2.88. The van der Waals surface area contributed by atoms with Crippen molar-refractivity contribution in [2.75, 3.05) is 0 Å². The minimum atomic E-state index is -1.26. The summed E-state index contributed by atoms with van der Waals surface area (Å²) in [5.41, 5.74) is 2.01. The molecular formula is C17H23N3OSi. The lowest BCUT2D eigenvalue weighted by Gasteiger charge is -2.16. The van der Waals surface area contributed by atoms with Crippen LogP contribution in [0.3, 0.4) is 0 Å². The molecular weight excluding hydrogens is 290 g/mol. The van der Waals surface area contributed by atoms with Gasteiger partial charge in [0.2, 0.25) is 5.91 Å². The molecule has 1 aromatic carbocycles. The first kappa shape index (κ1) is 16.2. The molecule has 0 unspecified atom stereocenters. The predicted octanol–water partition coefficient (Wildman–Crippen LogP) is 2.29. The van der Waals surface area contributed by atoms with Gasteiger partial charge in [-0.1, -0.05) is 49.1 Å². The number of benzene rings is 1. The lowest BCUT2D eigenvalue weighted by molar-refractivity contribution is -0.116. The number of nitrogens with one attached hydrogen (secondary N) is 1. The van der Waals surface area contributed by atoms with E-state index in [-0.39, 0.29) is 5.91 Å². The van der Waals surface area contributed by atoms with Crippen LogP contribution in [0, 0.1) is 0 Å². The second kappa shape index (κ2) is 6.75. The van der Waals surface area contributed by atoms with Gasteiger partial charge in [-0.3, -0.25) is 9.48 Å². The summed E-state index contributed by atoms with van der Waals surface area (Å²) in [6, 6.07) is 10.4. The summed E-state index contributed by atoms with van der Waals surface area (Å²) in [6.07, 6.45) is 5.00. The molecule has 0 saturated carbocycles. The standard InChI is InChI=1S/C17H23N3OSi/c1-20-15(11-12-19-20)7-10-17(21)18-13-14-5-8-16(9-6-14)22(2,3)4/h5-12H,13H2,1-4H3,(H,18,21)/b10-7+. The molecule has 0 fully saturated rings. The quantitative estimate of drug-likeness (QED) is 0.680. The zero-order valence-electron chi connectivity index (χ0n) is 13.6. The largest absolute Gasteiger partial charge is 0.348 e. The van der Waals surface area contributed by atoms with Gasteiger partial charge < -0.3 is 5.32 Å². The van der Waals surface area contributed by atoms with Crippen molar-refractivity contribution in [1.82, 2.24) is 15.1 Å². The zero-order chi connectivity index (χ0) is 16.2. The topological polar surface area (TPSA) is 46.9 Å². The van der Waals surface area contributed by atoms with Crippen molar-refractivity contribution in [2.24, 2.45) is 7.05 Å². The molecule has 0 spiro atoms. The van der Waals surface area contributed by atoms with Crippen molar-refractivity contribution in [3.63, 3.8) is 0 Å². The highest BCUT2D eigenvalue weighted by molar-refractivity contribution is 6.88. The van der Waals surface area contributed by atoms with E-state index in [1.165, 1.54) is 11.3 Å². The number of carbonyl (C=O) groups excluding carboxylic acids is 1. The molecule has 0 atom stereocenters. The van der Waals surface area contributed by atoms with E-state index in [1.807, 2.05) is 13.1 Å². The monoisotopic (exact) mass is 313 g/mol. The number of aromatic nitrogens is 2. The van der Waals surface area contributed by atoms with Gasteiger partial charge in [-0.2, -0.15) is 5.10 Å². The number of rotatable bonds is 5. The van der Waals surface area contributed by atoms with Crippen molar-refractivity contribution in [3.8, 4) is 0 Å². The molecule has 0 aliphatic rings. The third-order valence-electron chi connectivity index (χ3n) is 3.55. The number of amides is 1. The van der Waals surface area contributed by atoms with E-state index in [9.17, 15) is 4.79 Å². The van der Waals surface area contributed by atoms with Crippen molar-refractivity contribution in [1.29, 1.82) is 0 Å². The predicted molar refractivity (Wildman–Crippen MR) is 93.5 cm³/mol. The van der Waals surface area contributed by atoms with Crippen LogP contribution in [0.25, 0.3) is 6.08 Å². The molecule has 22 heavy (non-hydrogen) atoms. The smallest absolute Gasteiger partial charge is 0.244 e. The first-order chi connectivity index (χ1) is 10.4. The fourth-order valence-electron chi connectivity index (χ4n) is 2.08. The molecule has 1 heterocycles. The normalized spacial score (nSPS) is 11.8. The molecule has 2 aromatic rings. The highest BCUT2D eigenvalue weighted by Gasteiger charge is 2.15. The Labute approximate surface area is 132 Å². The Hall–Kier alpha value is -2.14. The number of nitrogens with zero attached hydrogens (tertiary/aromatic N) is 2. The summed E-state index contributed by atoms with van der Waals surface area (Å²) < 4.78 is 1.72. The molecule has 0 bridgehead atoms. The molecule has 4 nitrogen and oxygen atoms in total. The van der Waals surface area contributed by atoms with Crippen molar-refractivity contribution < 1.29 is 4.79 Å². The number of hydrogen-bond acceptors (Lipinski definition) is 2. The van der Waals surface area contributed by atoms with Crippen LogP contribution in [-0.2, 0) is 18.4 Å². The van der Waals surface area contributed by atoms with Gasteiger partial charge in [-0.05, 0) is 17.7 Å². The van der Waals surface area contributed by atoms with Gasteiger partial charge in [0.1, 0.15) is 0 Å². The first-order valence-corrected chi connectivity index (χ1v) is 10.9. The Kier molecular flexibility index (Phi) is 4.98. The molecule has 0 aliphatic carbocycles. The lowest BCUT2D eigenvalue weighted by atomic mass is 10.2. The second-order valence-corrected chi connectivity index (χ2v) is 11.5. The number of carbonyl (C=O) groups is 1. The van der Waals surface area contributed by atoms with Crippen LogP contribution in [0.2, 0.25) is 19.6 Å². The van der Waals surface area contributed by atoms with Gasteiger partial charge in [0.15, 0.2) is 0 Å². The van der Waals surface area contributed by atoms with E-state index >= 15 is 0 Å². The van der Waals surface area contributed by atoms with E-state index in [2.05, 4.69) is 54.3 Å². The van der Waals surface area contributed by atoms with Crippen LogP contribution in [0.4, 0.5) is 0 Å². The summed E-state index contributed by atoms with van der Waals surface area (Å²) in [7, 11) is 0.588. The molecule has 1 aromatic heterocycles. The summed E-state index contributed by atoms with van der Waals surface area (Å²) >= 11 is 0. The van der Waals surface area contributed by atoms with Gasteiger partial charge in [0.25, 0.3) is 0 Å². The highest BCUT2D eigenvalue weighted by atomic mass is 28.3. The second-order valence-electron chi connectivity index (χ2n) is 6.38. The van der Waals surface area contributed by atoms with E-state index in [0.29, 0.717) is 6.54 Å². The maximum Gasteiger partial charge on any atom is 0.244 e. The maximum absolute atomic E-state index is 11.8. The van der Waals surface area contributed by atoms with Gasteiger partial charge >= 0.3 is 0 Å². The van der Waals surface area contributed by atoms with Gasteiger partial charge in [0, 0.05) is 25.9 Å². The van der Waals surface area contributed by atoms with Crippen molar-refractivity contribution in [3.05, 3.63) is 53.9 Å². The Morgan fingerprint density at radius 2 is 1.91 bits per heavy atom. The van der Waals surface area contributed by atoms with E-state index < -0.39 is 8.07 Å². The minimum absolute atomic E-state index is 0.101. The Balaban J connectivity index is 1.89. The van der Waals surface area contributed by atoms with E-state index in [0.717, 1.165) is 11.3 Å². The maximum atomic E-state index is 11.8. The molecule has 116 valence electrons. The fourth-order valence-corrected chi connectivity index (χ4v) is 3.25. The Morgan fingerprint density at radius 1 is 1.23 bits per heavy atom. The molecule has 5 heteroatoms. The van der Waals surface area contributed by atoms with Crippen LogP contribution in [0.15, 0.2) is 42.6 Å². The van der Waals surface area contributed by atoms with Crippen LogP contribution in [-0.4, -0.2) is 23.8 Å². The SMILES string of the molecule is Cn1nccc1/C=C/C(=O)NCc1ccc([Si](C)(C)C)cc1. The van der Waals surface area contributed by atoms with Gasteiger partial charge in [-0.15, -0.1) is 0 Å². The first-order valence-electron chi connectivity index (χ1n) is 7.39. The summed E-state index contributed by atoms with van der Waals surface area (Å²) in [6.45, 7) is 7.52. The average molecular weight is 313 g/mol. The molecule has 1 amide bonds. The van der Waals surface area contributed by atoms with Gasteiger partial charge in [-0.25, -0.2) is 0 Å². The molecule has 0 radical (unpaired) electrons. The van der Waals surface area contributed by atoms with Gasteiger partial charge in [0.05, 0.1) is 13.8 Å². The third-order valence-corrected chi connectivity index (χ3v) is 5.62. The van der Waals surface area contributed by atoms with Crippen molar-refractivity contribution >= 4 is 25.2 Å². The highest BCUT2D eigenvalue weighted by Crippen LogP contribution is 2.05. The number of hydrogen-bond donors (Lipinski definition) is 1. The number of aryl methyl sites for hydroxylation is 1. The zero-order valence-corrected chi connectivity index (χ0v) is 14.6. The molecule has 2 rings (SSSR count). The van der Waals surface area contributed by atoms with Crippen LogP contribution < -0.4 is 10.5 Å². The van der Waals surface area contributed by atoms with Crippen molar-refractivity contribution in [2.45, 2.75) is 26.2 Å². The van der Waals surface area contributed by atoms with E-state index in [1.54, 1.807) is 17.0 Å². The van der Waals surface area contributed by atoms with Crippen LogP contribution >= 0.6 is 0 Å². The minimum Gasteiger partial charge on any atom is -0.348 e. The summed E-state index contributed by atoms with van der Waals surface area (Å²) in [5.74, 6) is -0.101. The van der Waals surface area contributed by atoms with E-state index in [4.69, 9.17) is 0 Å². The van der Waals surface area contributed by atoms with Crippen LogP contribution in [0.1, 0.15) is 11.3 Å². The third kappa shape index (κ3) is 4.43. The summed E-state index contributed by atoms with van der Waals surface area (Å²) in [5, 5.41) is 8.38. The Bertz CT molecular complexity index is 666. The fraction of sp³-hybridized carbons (Fsp3) is 0.294. The molecule has 0 saturated heterocycles.